The van der Waals surface area contributed by atoms with E-state index < -0.39 is 17.5 Å². The fraction of sp³-hybridized carbons (Fsp3) is 0.500. The van der Waals surface area contributed by atoms with E-state index in [1.54, 1.807) is 0 Å². The van der Waals surface area contributed by atoms with Crippen molar-refractivity contribution >= 4 is 5.91 Å². The summed E-state index contributed by atoms with van der Waals surface area (Å²) in [4.78, 5) is 11.7. The molecule has 1 aromatic rings. The van der Waals surface area contributed by atoms with Crippen LogP contribution in [-0.2, 0) is 0 Å². The number of hydrogen-bond donors (Lipinski definition) is 2. The molecule has 1 amide bonds. The highest BCUT2D eigenvalue weighted by Gasteiger charge is 2.15. The minimum atomic E-state index is -0.696. The zero-order valence-electron chi connectivity index (χ0n) is 10.7. The number of nitrogens with one attached hydrogen (secondary N) is 2. The molecule has 2 N–H and O–H groups in total. The topological polar surface area (TPSA) is 41.1 Å². The Kier molecular flexibility index (Phi) is 4.85. The molecule has 1 aliphatic rings. The fourth-order valence-corrected chi connectivity index (χ4v) is 2.33. The Labute approximate surface area is 111 Å². The van der Waals surface area contributed by atoms with Crippen LogP contribution in [0, 0.1) is 17.6 Å². The maximum Gasteiger partial charge on any atom is 0.254 e. The van der Waals surface area contributed by atoms with Crippen molar-refractivity contribution in [1.82, 2.24) is 10.6 Å². The van der Waals surface area contributed by atoms with Crippen molar-refractivity contribution in [2.45, 2.75) is 19.3 Å². The molecule has 5 heteroatoms. The predicted molar refractivity (Wildman–Crippen MR) is 68.9 cm³/mol. The molecule has 1 aliphatic heterocycles. The maximum atomic E-state index is 13.4. The first-order valence-corrected chi connectivity index (χ1v) is 6.61. The van der Waals surface area contributed by atoms with Gasteiger partial charge in [-0.2, -0.15) is 0 Å². The van der Waals surface area contributed by atoms with Gasteiger partial charge in [0, 0.05) is 6.54 Å². The average Bonchev–Trinajstić information content (AvgIpc) is 2.42. The van der Waals surface area contributed by atoms with Gasteiger partial charge in [0.15, 0.2) is 0 Å². The van der Waals surface area contributed by atoms with Crippen LogP contribution in [0.5, 0.6) is 0 Å². The lowest BCUT2D eigenvalue weighted by atomic mass is 9.96. The second-order valence-corrected chi connectivity index (χ2v) is 4.88. The quantitative estimate of drug-likeness (QED) is 0.878. The van der Waals surface area contributed by atoms with Crippen LogP contribution >= 0.6 is 0 Å². The SMILES string of the molecule is O=C(NCCC1CCCNC1)c1cc(F)ccc1F. The monoisotopic (exact) mass is 268 g/mol. The standard InChI is InChI=1S/C14H18F2N2O/c15-11-3-4-13(16)12(8-11)14(19)18-7-5-10-2-1-6-17-9-10/h3-4,8,10,17H,1-2,5-7,9H2,(H,18,19). The summed E-state index contributed by atoms with van der Waals surface area (Å²) in [6.07, 6.45) is 3.16. The second kappa shape index (κ2) is 6.61. The van der Waals surface area contributed by atoms with Gasteiger partial charge in [-0.05, 0) is 56.5 Å². The molecule has 1 heterocycles. The molecule has 1 atom stereocenters. The number of piperidine rings is 1. The van der Waals surface area contributed by atoms with E-state index in [0.717, 1.165) is 50.6 Å². The molecule has 104 valence electrons. The van der Waals surface area contributed by atoms with Crippen LogP contribution in [0.4, 0.5) is 8.78 Å². The summed E-state index contributed by atoms with van der Waals surface area (Å²) < 4.78 is 26.3. The van der Waals surface area contributed by atoms with Crippen molar-refractivity contribution in [3.63, 3.8) is 0 Å². The summed E-state index contributed by atoms with van der Waals surface area (Å²) in [5.74, 6) is -1.31. The number of benzene rings is 1. The Morgan fingerprint density at radius 1 is 1.42 bits per heavy atom. The van der Waals surface area contributed by atoms with Gasteiger partial charge in [-0.15, -0.1) is 0 Å². The fourth-order valence-electron chi connectivity index (χ4n) is 2.33. The molecule has 1 unspecified atom stereocenters. The lowest BCUT2D eigenvalue weighted by Crippen LogP contribution is -2.33. The zero-order chi connectivity index (χ0) is 13.7. The lowest BCUT2D eigenvalue weighted by Gasteiger charge is -2.22. The summed E-state index contributed by atoms with van der Waals surface area (Å²) in [5, 5.41) is 5.94. The molecule has 2 rings (SSSR count). The highest BCUT2D eigenvalue weighted by molar-refractivity contribution is 5.94. The molecular formula is C14H18F2N2O. The number of rotatable bonds is 4. The van der Waals surface area contributed by atoms with Gasteiger partial charge in [0.05, 0.1) is 5.56 Å². The number of carbonyl (C=O) groups is 1. The minimum absolute atomic E-state index is 0.234. The third-order valence-corrected chi connectivity index (χ3v) is 3.41. The van der Waals surface area contributed by atoms with Crippen LogP contribution in [0.15, 0.2) is 18.2 Å². The lowest BCUT2D eigenvalue weighted by molar-refractivity contribution is 0.0946. The number of halogens is 2. The molecule has 0 radical (unpaired) electrons. The molecule has 0 aromatic heterocycles. The molecule has 0 aliphatic carbocycles. The molecule has 1 saturated heterocycles. The molecule has 0 saturated carbocycles. The van der Waals surface area contributed by atoms with Gasteiger partial charge in [0.2, 0.25) is 0 Å². The first-order chi connectivity index (χ1) is 9.16. The summed E-state index contributed by atoms with van der Waals surface area (Å²) in [6, 6.07) is 2.89. The summed E-state index contributed by atoms with van der Waals surface area (Å²) >= 11 is 0. The van der Waals surface area contributed by atoms with Crippen molar-refractivity contribution in [2.75, 3.05) is 19.6 Å². The van der Waals surface area contributed by atoms with Gasteiger partial charge in [0.25, 0.3) is 5.91 Å². The number of hydrogen-bond acceptors (Lipinski definition) is 2. The van der Waals surface area contributed by atoms with Crippen LogP contribution in [-0.4, -0.2) is 25.5 Å². The van der Waals surface area contributed by atoms with Gasteiger partial charge >= 0.3 is 0 Å². The maximum absolute atomic E-state index is 13.4. The Morgan fingerprint density at radius 3 is 3.00 bits per heavy atom. The van der Waals surface area contributed by atoms with Crippen molar-refractivity contribution < 1.29 is 13.6 Å². The minimum Gasteiger partial charge on any atom is -0.352 e. The molecule has 0 spiro atoms. The first-order valence-electron chi connectivity index (χ1n) is 6.61. The van der Waals surface area contributed by atoms with Crippen LogP contribution in [0.2, 0.25) is 0 Å². The normalized spacial score (nSPS) is 19.2. The van der Waals surface area contributed by atoms with Gasteiger partial charge in [-0.1, -0.05) is 0 Å². The van der Waals surface area contributed by atoms with Gasteiger partial charge in [-0.3, -0.25) is 4.79 Å². The Hall–Kier alpha value is -1.49. The van der Waals surface area contributed by atoms with Crippen LogP contribution < -0.4 is 10.6 Å². The molecule has 1 fully saturated rings. The molecule has 3 nitrogen and oxygen atoms in total. The summed E-state index contributed by atoms with van der Waals surface area (Å²) in [5.41, 5.74) is -0.234. The van der Waals surface area contributed by atoms with Crippen LogP contribution in [0.1, 0.15) is 29.6 Å². The van der Waals surface area contributed by atoms with Crippen molar-refractivity contribution in [2.24, 2.45) is 5.92 Å². The van der Waals surface area contributed by atoms with Crippen LogP contribution in [0.3, 0.4) is 0 Å². The highest BCUT2D eigenvalue weighted by atomic mass is 19.1. The number of carbonyl (C=O) groups excluding carboxylic acids is 1. The van der Waals surface area contributed by atoms with Crippen molar-refractivity contribution in [1.29, 1.82) is 0 Å². The molecule has 0 bridgehead atoms. The van der Waals surface area contributed by atoms with E-state index >= 15 is 0 Å². The first kappa shape index (κ1) is 13.9. The van der Waals surface area contributed by atoms with Gasteiger partial charge in [0.1, 0.15) is 11.6 Å². The predicted octanol–water partition coefficient (Wildman–Crippen LogP) is 2.08. The molecular weight excluding hydrogens is 250 g/mol. The van der Waals surface area contributed by atoms with E-state index in [1.807, 2.05) is 0 Å². The Morgan fingerprint density at radius 2 is 2.26 bits per heavy atom. The smallest absolute Gasteiger partial charge is 0.254 e. The third-order valence-electron chi connectivity index (χ3n) is 3.41. The van der Waals surface area contributed by atoms with Gasteiger partial charge in [-0.25, -0.2) is 8.78 Å². The Balaban J connectivity index is 1.82. The molecule has 19 heavy (non-hydrogen) atoms. The highest BCUT2D eigenvalue weighted by Crippen LogP contribution is 2.13. The van der Waals surface area contributed by atoms with E-state index in [2.05, 4.69) is 10.6 Å². The molecule has 1 aromatic carbocycles. The van der Waals surface area contributed by atoms with E-state index in [4.69, 9.17) is 0 Å². The third kappa shape index (κ3) is 3.99. The van der Waals surface area contributed by atoms with Crippen molar-refractivity contribution in [3.05, 3.63) is 35.4 Å². The number of amides is 1. The van der Waals surface area contributed by atoms with E-state index in [1.165, 1.54) is 0 Å². The Bertz CT molecular complexity index is 445. The zero-order valence-corrected chi connectivity index (χ0v) is 10.7. The second-order valence-electron chi connectivity index (χ2n) is 4.88. The summed E-state index contributed by atoms with van der Waals surface area (Å²) in [6.45, 7) is 2.50. The largest absolute Gasteiger partial charge is 0.352 e. The van der Waals surface area contributed by atoms with Gasteiger partial charge < -0.3 is 10.6 Å². The van der Waals surface area contributed by atoms with Crippen LogP contribution in [0.25, 0.3) is 0 Å². The average molecular weight is 268 g/mol. The van der Waals surface area contributed by atoms with E-state index in [-0.39, 0.29) is 5.56 Å². The van der Waals surface area contributed by atoms with Crippen molar-refractivity contribution in [3.8, 4) is 0 Å². The van der Waals surface area contributed by atoms with E-state index in [9.17, 15) is 13.6 Å². The van der Waals surface area contributed by atoms with E-state index in [0.29, 0.717) is 12.5 Å². The summed E-state index contributed by atoms with van der Waals surface area (Å²) in [7, 11) is 0.